The van der Waals surface area contributed by atoms with E-state index in [0.29, 0.717) is 0 Å². The van der Waals surface area contributed by atoms with E-state index in [1.807, 2.05) is 6.92 Å². The van der Waals surface area contributed by atoms with E-state index in [9.17, 15) is 8.78 Å². The Balaban J connectivity index is 2.17. The zero-order valence-electron chi connectivity index (χ0n) is 10.0. The van der Waals surface area contributed by atoms with Gasteiger partial charge in [0.15, 0.2) is 5.82 Å². The number of benzene rings is 1. The predicted octanol–water partition coefficient (Wildman–Crippen LogP) is 2.68. The zero-order valence-corrected chi connectivity index (χ0v) is 10.0. The van der Waals surface area contributed by atoms with E-state index in [0.717, 1.165) is 42.5 Å². The molecule has 5 heteroatoms. The fraction of sp³-hybridized carbons (Fsp3) is 0.308. The number of rotatable bonds is 2. The van der Waals surface area contributed by atoms with E-state index < -0.39 is 11.6 Å². The minimum atomic E-state index is -0.600. The van der Waals surface area contributed by atoms with Gasteiger partial charge in [0.2, 0.25) is 0 Å². The van der Waals surface area contributed by atoms with Gasteiger partial charge in [0.05, 0.1) is 5.69 Å². The Hall–Kier alpha value is -1.91. The summed E-state index contributed by atoms with van der Waals surface area (Å²) in [5.74, 6) is -0.349. The van der Waals surface area contributed by atoms with Gasteiger partial charge >= 0.3 is 0 Å². The summed E-state index contributed by atoms with van der Waals surface area (Å²) < 4.78 is 28.3. The summed E-state index contributed by atoms with van der Waals surface area (Å²) in [6, 6.07) is 3.54. The largest absolute Gasteiger partial charge is 0.369 e. The molecular weight excluding hydrogens is 236 g/mol. The summed E-state index contributed by atoms with van der Waals surface area (Å²) in [4.78, 5) is 0. The van der Waals surface area contributed by atoms with Gasteiger partial charge in [-0.25, -0.2) is 13.5 Å². The van der Waals surface area contributed by atoms with Crippen LogP contribution in [0.4, 0.5) is 14.6 Å². The first kappa shape index (κ1) is 11.2. The van der Waals surface area contributed by atoms with Crippen molar-refractivity contribution in [2.45, 2.75) is 19.8 Å². The lowest BCUT2D eigenvalue weighted by atomic mass is 10.2. The van der Waals surface area contributed by atoms with Crippen molar-refractivity contribution in [3.63, 3.8) is 0 Å². The molecule has 0 unspecified atom stereocenters. The third-order valence-electron chi connectivity index (χ3n) is 3.21. The van der Waals surface area contributed by atoms with Crippen molar-refractivity contribution in [3.8, 4) is 5.69 Å². The second-order valence-electron chi connectivity index (χ2n) is 4.31. The van der Waals surface area contributed by atoms with Gasteiger partial charge in [-0.1, -0.05) is 6.92 Å². The summed E-state index contributed by atoms with van der Waals surface area (Å²) in [6.07, 6.45) is 1.71. The lowest BCUT2D eigenvalue weighted by Gasteiger charge is -2.07. The molecule has 1 aromatic heterocycles. The lowest BCUT2D eigenvalue weighted by molar-refractivity contribution is 0.573. The van der Waals surface area contributed by atoms with Crippen LogP contribution in [-0.2, 0) is 12.8 Å². The molecular formula is C13H13F2N3. The van der Waals surface area contributed by atoms with Gasteiger partial charge in [0, 0.05) is 18.2 Å². The molecule has 1 aliphatic heterocycles. The van der Waals surface area contributed by atoms with Gasteiger partial charge in [0.1, 0.15) is 17.3 Å². The topological polar surface area (TPSA) is 29.9 Å². The van der Waals surface area contributed by atoms with E-state index in [-0.39, 0.29) is 5.69 Å². The number of aryl methyl sites for hydroxylation is 1. The molecule has 94 valence electrons. The lowest BCUT2D eigenvalue weighted by Crippen LogP contribution is -2.06. The van der Waals surface area contributed by atoms with E-state index in [4.69, 9.17) is 0 Å². The second kappa shape index (κ2) is 4.08. The molecule has 2 aromatic rings. The summed E-state index contributed by atoms with van der Waals surface area (Å²) in [6.45, 7) is 2.86. The number of hydrogen-bond acceptors (Lipinski definition) is 2. The minimum absolute atomic E-state index is 0.279. The highest BCUT2D eigenvalue weighted by molar-refractivity contribution is 5.57. The van der Waals surface area contributed by atoms with Gasteiger partial charge in [-0.15, -0.1) is 0 Å². The number of anilines is 1. The van der Waals surface area contributed by atoms with Crippen molar-refractivity contribution in [2.75, 3.05) is 11.9 Å². The van der Waals surface area contributed by atoms with E-state index in [1.165, 1.54) is 16.8 Å². The first-order valence-corrected chi connectivity index (χ1v) is 6.00. The average Bonchev–Trinajstić information content (AvgIpc) is 2.91. The van der Waals surface area contributed by atoms with E-state index >= 15 is 0 Å². The molecule has 0 aliphatic carbocycles. The SMILES string of the molecule is CCc1nn(-c2ccc(F)cc2F)c2c1CCN2. The number of halogens is 2. The van der Waals surface area contributed by atoms with Crippen LogP contribution in [0.3, 0.4) is 0 Å². The highest BCUT2D eigenvalue weighted by atomic mass is 19.1. The second-order valence-corrected chi connectivity index (χ2v) is 4.31. The van der Waals surface area contributed by atoms with Crippen molar-refractivity contribution in [1.29, 1.82) is 0 Å². The minimum Gasteiger partial charge on any atom is -0.369 e. The first-order valence-electron chi connectivity index (χ1n) is 6.00. The fourth-order valence-electron chi connectivity index (χ4n) is 2.36. The van der Waals surface area contributed by atoms with Crippen LogP contribution < -0.4 is 5.32 Å². The van der Waals surface area contributed by atoms with Crippen LogP contribution in [0.5, 0.6) is 0 Å². The van der Waals surface area contributed by atoms with Crippen LogP contribution >= 0.6 is 0 Å². The van der Waals surface area contributed by atoms with Gasteiger partial charge in [-0.05, 0) is 25.0 Å². The smallest absolute Gasteiger partial charge is 0.151 e. The maximum atomic E-state index is 13.8. The zero-order chi connectivity index (χ0) is 12.7. The van der Waals surface area contributed by atoms with Crippen LogP contribution in [0.15, 0.2) is 18.2 Å². The number of fused-ring (bicyclic) bond motifs is 1. The number of nitrogens with one attached hydrogen (secondary N) is 1. The average molecular weight is 249 g/mol. The summed E-state index contributed by atoms with van der Waals surface area (Å²) in [5, 5.41) is 7.61. The maximum Gasteiger partial charge on any atom is 0.151 e. The molecule has 0 saturated heterocycles. The molecule has 1 aromatic carbocycles. The molecule has 0 fully saturated rings. The van der Waals surface area contributed by atoms with Crippen molar-refractivity contribution in [3.05, 3.63) is 41.1 Å². The molecule has 0 amide bonds. The monoisotopic (exact) mass is 249 g/mol. The Morgan fingerprint density at radius 2 is 2.22 bits per heavy atom. The molecule has 1 aliphatic rings. The molecule has 1 N–H and O–H groups in total. The Bertz CT molecular complexity index is 605. The highest BCUT2D eigenvalue weighted by Crippen LogP contribution is 2.29. The molecule has 18 heavy (non-hydrogen) atoms. The van der Waals surface area contributed by atoms with Crippen LogP contribution in [-0.4, -0.2) is 16.3 Å². The van der Waals surface area contributed by atoms with Crippen molar-refractivity contribution in [2.24, 2.45) is 0 Å². The molecule has 2 heterocycles. The highest BCUT2D eigenvalue weighted by Gasteiger charge is 2.23. The van der Waals surface area contributed by atoms with E-state index in [1.54, 1.807) is 0 Å². The van der Waals surface area contributed by atoms with Crippen molar-refractivity contribution >= 4 is 5.82 Å². The summed E-state index contributed by atoms with van der Waals surface area (Å²) in [7, 11) is 0. The summed E-state index contributed by atoms with van der Waals surface area (Å²) in [5.41, 5.74) is 2.39. The van der Waals surface area contributed by atoms with Crippen molar-refractivity contribution in [1.82, 2.24) is 9.78 Å². The molecule has 0 spiro atoms. The standard InChI is InChI=1S/C13H13F2N3/c1-2-11-9-5-6-16-13(9)18(17-11)12-4-3-8(14)7-10(12)15/h3-4,7,16H,2,5-6H2,1H3. The van der Waals surface area contributed by atoms with Gasteiger partial charge in [-0.2, -0.15) is 5.10 Å². The summed E-state index contributed by atoms with van der Waals surface area (Å²) >= 11 is 0. The Morgan fingerprint density at radius 3 is 2.94 bits per heavy atom. The van der Waals surface area contributed by atoms with Crippen LogP contribution in [0, 0.1) is 11.6 Å². The Morgan fingerprint density at radius 1 is 1.39 bits per heavy atom. The fourth-order valence-corrected chi connectivity index (χ4v) is 2.36. The number of hydrogen-bond donors (Lipinski definition) is 1. The quantitative estimate of drug-likeness (QED) is 0.886. The van der Waals surface area contributed by atoms with Gasteiger partial charge in [0.25, 0.3) is 0 Å². The Labute approximate surface area is 103 Å². The predicted molar refractivity (Wildman–Crippen MR) is 65.1 cm³/mol. The van der Waals surface area contributed by atoms with Gasteiger partial charge < -0.3 is 5.32 Å². The molecule has 0 bridgehead atoms. The van der Waals surface area contributed by atoms with Gasteiger partial charge in [-0.3, -0.25) is 0 Å². The van der Waals surface area contributed by atoms with Crippen LogP contribution in [0.1, 0.15) is 18.2 Å². The normalized spacial score (nSPS) is 13.5. The van der Waals surface area contributed by atoms with Crippen LogP contribution in [0.25, 0.3) is 5.69 Å². The molecule has 0 atom stereocenters. The van der Waals surface area contributed by atoms with Crippen molar-refractivity contribution < 1.29 is 8.78 Å². The third kappa shape index (κ3) is 1.58. The van der Waals surface area contributed by atoms with E-state index in [2.05, 4.69) is 10.4 Å². The number of aromatic nitrogens is 2. The molecule has 0 saturated carbocycles. The Kier molecular flexibility index (Phi) is 2.54. The molecule has 3 nitrogen and oxygen atoms in total. The molecule has 0 radical (unpaired) electrons. The first-order chi connectivity index (χ1) is 8.70. The maximum absolute atomic E-state index is 13.8. The molecule has 3 rings (SSSR count). The number of nitrogens with zero attached hydrogens (tertiary/aromatic N) is 2. The third-order valence-corrected chi connectivity index (χ3v) is 3.21. The van der Waals surface area contributed by atoms with Crippen LogP contribution in [0.2, 0.25) is 0 Å².